The van der Waals surface area contributed by atoms with Crippen LogP contribution in [0.1, 0.15) is 42.6 Å². The zero-order chi connectivity index (χ0) is 20.2. The molecule has 2 saturated heterocycles. The van der Waals surface area contributed by atoms with E-state index in [4.69, 9.17) is 4.74 Å². The van der Waals surface area contributed by atoms with E-state index in [1.165, 1.54) is 25.0 Å². The van der Waals surface area contributed by atoms with Gasteiger partial charge in [-0.15, -0.1) is 0 Å². The SMILES string of the molecule is O=C(NC[C@@H]1CC[C@H](CC(=O)N2CCOCC2)N1CC1CC1)c1ccc(=O)[nH]n1. The fourth-order valence-electron chi connectivity index (χ4n) is 4.27. The molecule has 2 amide bonds. The van der Waals surface area contributed by atoms with Gasteiger partial charge in [0.05, 0.1) is 13.2 Å². The number of carbonyl (C=O) groups excluding carboxylic acids is 2. The van der Waals surface area contributed by atoms with Crippen LogP contribution in [0.25, 0.3) is 0 Å². The van der Waals surface area contributed by atoms with E-state index < -0.39 is 0 Å². The Morgan fingerprint density at radius 1 is 1.14 bits per heavy atom. The number of morpholine rings is 1. The third kappa shape index (κ3) is 5.22. The van der Waals surface area contributed by atoms with Crippen molar-refractivity contribution in [3.63, 3.8) is 0 Å². The lowest BCUT2D eigenvalue weighted by molar-refractivity contribution is -0.136. The normalized spacial score (nSPS) is 25.2. The molecule has 3 heterocycles. The van der Waals surface area contributed by atoms with Crippen LogP contribution in [0.5, 0.6) is 0 Å². The maximum atomic E-state index is 12.7. The van der Waals surface area contributed by atoms with E-state index in [2.05, 4.69) is 20.4 Å². The number of ether oxygens (including phenoxy) is 1. The van der Waals surface area contributed by atoms with Gasteiger partial charge in [0.25, 0.3) is 11.5 Å². The Hall–Kier alpha value is -2.26. The third-order valence-electron chi connectivity index (χ3n) is 6.12. The molecule has 0 bridgehead atoms. The quantitative estimate of drug-likeness (QED) is 0.663. The number of carbonyl (C=O) groups is 2. The summed E-state index contributed by atoms with van der Waals surface area (Å²) in [5.74, 6) is 0.634. The summed E-state index contributed by atoms with van der Waals surface area (Å²) < 4.78 is 5.35. The Kier molecular flexibility index (Phi) is 6.25. The van der Waals surface area contributed by atoms with Crippen LogP contribution < -0.4 is 10.9 Å². The van der Waals surface area contributed by atoms with Crippen molar-refractivity contribution < 1.29 is 14.3 Å². The largest absolute Gasteiger partial charge is 0.378 e. The molecule has 2 N–H and O–H groups in total. The first-order chi connectivity index (χ1) is 14.1. The Labute approximate surface area is 169 Å². The van der Waals surface area contributed by atoms with Crippen molar-refractivity contribution in [1.82, 2.24) is 25.3 Å². The van der Waals surface area contributed by atoms with Gasteiger partial charge >= 0.3 is 0 Å². The van der Waals surface area contributed by atoms with Gasteiger partial charge in [0.1, 0.15) is 5.69 Å². The van der Waals surface area contributed by atoms with Crippen LogP contribution in [-0.4, -0.2) is 83.3 Å². The Morgan fingerprint density at radius 2 is 1.90 bits per heavy atom. The fraction of sp³-hybridized carbons (Fsp3) is 0.700. The number of likely N-dealkylation sites (tertiary alicyclic amines) is 1. The smallest absolute Gasteiger partial charge is 0.271 e. The Morgan fingerprint density at radius 3 is 2.59 bits per heavy atom. The molecule has 0 spiro atoms. The molecular weight excluding hydrogens is 374 g/mol. The second-order valence-corrected chi connectivity index (χ2v) is 8.24. The summed E-state index contributed by atoms with van der Waals surface area (Å²) in [4.78, 5) is 40.5. The second-order valence-electron chi connectivity index (χ2n) is 8.24. The molecule has 0 unspecified atom stereocenters. The molecule has 1 aliphatic carbocycles. The van der Waals surface area contributed by atoms with E-state index in [0.29, 0.717) is 45.2 Å². The predicted molar refractivity (Wildman–Crippen MR) is 105 cm³/mol. The topological polar surface area (TPSA) is 108 Å². The van der Waals surface area contributed by atoms with E-state index in [-0.39, 0.29) is 35.2 Å². The van der Waals surface area contributed by atoms with Crippen molar-refractivity contribution in [1.29, 1.82) is 0 Å². The van der Waals surface area contributed by atoms with Gasteiger partial charge in [0.2, 0.25) is 5.91 Å². The number of H-pyrrole nitrogens is 1. The van der Waals surface area contributed by atoms with E-state index in [1.54, 1.807) is 0 Å². The maximum absolute atomic E-state index is 12.7. The van der Waals surface area contributed by atoms with E-state index in [1.807, 2.05) is 4.90 Å². The highest BCUT2D eigenvalue weighted by Crippen LogP contribution is 2.35. The van der Waals surface area contributed by atoms with Crippen LogP contribution in [0.4, 0.5) is 0 Å². The van der Waals surface area contributed by atoms with E-state index in [9.17, 15) is 14.4 Å². The Bertz CT molecular complexity index is 767. The average Bonchev–Trinajstić information content (AvgIpc) is 3.49. The summed E-state index contributed by atoms with van der Waals surface area (Å²) in [6.45, 7) is 4.12. The number of hydrogen-bond acceptors (Lipinski definition) is 6. The van der Waals surface area contributed by atoms with Gasteiger partial charge in [-0.1, -0.05) is 0 Å². The van der Waals surface area contributed by atoms with Crippen molar-refractivity contribution >= 4 is 11.8 Å². The standard InChI is InChI=1S/C20H29N5O4/c26-18-6-5-17(22-23-18)20(28)21-12-16-4-3-15(25(16)13-14-1-2-14)11-19(27)24-7-9-29-10-8-24/h5-6,14-16H,1-4,7-13H2,(H,21,28)(H,23,26)/t15-,16+/m1/s1. The van der Waals surface area contributed by atoms with Gasteiger partial charge in [0.15, 0.2) is 0 Å². The molecule has 2 aliphatic heterocycles. The predicted octanol–water partition coefficient (Wildman–Crippen LogP) is -0.00840. The fourth-order valence-corrected chi connectivity index (χ4v) is 4.27. The molecule has 158 valence electrons. The third-order valence-corrected chi connectivity index (χ3v) is 6.12. The summed E-state index contributed by atoms with van der Waals surface area (Å²) in [5, 5.41) is 9.01. The molecule has 4 rings (SSSR count). The van der Waals surface area contributed by atoms with Crippen LogP contribution in [0.2, 0.25) is 0 Å². The molecule has 1 aromatic rings. The zero-order valence-corrected chi connectivity index (χ0v) is 16.6. The van der Waals surface area contributed by atoms with Gasteiger partial charge in [-0.25, -0.2) is 5.10 Å². The number of nitrogens with one attached hydrogen (secondary N) is 2. The van der Waals surface area contributed by atoms with Crippen molar-refractivity contribution in [3.05, 3.63) is 28.2 Å². The van der Waals surface area contributed by atoms with Crippen LogP contribution in [0, 0.1) is 5.92 Å². The molecule has 3 fully saturated rings. The highest BCUT2D eigenvalue weighted by Gasteiger charge is 2.38. The number of rotatable bonds is 7. The molecule has 29 heavy (non-hydrogen) atoms. The maximum Gasteiger partial charge on any atom is 0.271 e. The molecule has 0 radical (unpaired) electrons. The van der Waals surface area contributed by atoms with Crippen LogP contribution in [0.15, 0.2) is 16.9 Å². The van der Waals surface area contributed by atoms with Crippen LogP contribution in [0.3, 0.4) is 0 Å². The van der Waals surface area contributed by atoms with Gasteiger partial charge in [-0.05, 0) is 37.7 Å². The van der Waals surface area contributed by atoms with E-state index in [0.717, 1.165) is 19.4 Å². The average molecular weight is 403 g/mol. The first-order valence-electron chi connectivity index (χ1n) is 10.6. The van der Waals surface area contributed by atoms with Crippen LogP contribution >= 0.6 is 0 Å². The number of hydrogen-bond donors (Lipinski definition) is 2. The number of aromatic amines is 1. The lowest BCUT2D eigenvalue weighted by atomic mass is 10.1. The van der Waals surface area contributed by atoms with Gasteiger partial charge in [-0.3, -0.25) is 19.3 Å². The van der Waals surface area contributed by atoms with Gasteiger partial charge < -0.3 is 15.0 Å². The second kappa shape index (κ2) is 9.04. The first kappa shape index (κ1) is 20.0. The number of nitrogens with zero attached hydrogens (tertiary/aromatic N) is 3. The minimum atomic E-state index is -0.333. The summed E-state index contributed by atoms with van der Waals surface area (Å²) in [6.07, 6.45) is 4.98. The molecule has 9 heteroatoms. The molecule has 9 nitrogen and oxygen atoms in total. The number of amides is 2. The van der Waals surface area contributed by atoms with Crippen LogP contribution in [-0.2, 0) is 9.53 Å². The number of aromatic nitrogens is 2. The Balaban J connectivity index is 1.33. The summed E-state index contributed by atoms with van der Waals surface area (Å²) in [7, 11) is 0. The molecular formula is C20H29N5O4. The van der Waals surface area contributed by atoms with Crippen molar-refractivity contribution in [2.45, 2.75) is 44.2 Å². The molecule has 2 atom stereocenters. The molecule has 0 aromatic carbocycles. The highest BCUT2D eigenvalue weighted by molar-refractivity contribution is 5.91. The molecule has 1 aromatic heterocycles. The van der Waals surface area contributed by atoms with Crippen molar-refractivity contribution in [2.75, 3.05) is 39.4 Å². The van der Waals surface area contributed by atoms with E-state index >= 15 is 0 Å². The monoisotopic (exact) mass is 403 g/mol. The summed E-state index contributed by atoms with van der Waals surface area (Å²) >= 11 is 0. The summed E-state index contributed by atoms with van der Waals surface area (Å²) in [5.41, 5.74) is -0.129. The van der Waals surface area contributed by atoms with Crippen molar-refractivity contribution in [3.8, 4) is 0 Å². The summed E-state index contributed by atoms with van der Waals surface area (Å²) in [6, 6.07) is 3.18. The lowest BCUT2D eigenvalue weighted by Gasteiger charge is -2.33. The molecule has 1 saturated carbocycles. The lowest BCUT2D eigenvalue weighted by Crippen LogP contribution is -2.47. The first-order valence-corrected chi connectivity index (χ1v) is 10.6. The van der Waals surface area contributed by atoms with Gasteiger partial charge in [-0.2, -0.15) is 5.10 Å². The minimum Gasteiger partial charge on any atom is -0.378 e. The van der Waals surface area contributed by atoms with Gasteiger partial charge in [0, 0.05) is 50.7 Å². The highest BCUT2D eigenvalue weighted by atomic mass is 16.5. The molecule has 3 aliphatic rings. The van der Waals surface area contributed by atoms with Crippen molar-refractivity contribution in [2.24, 2.45) is 5.92 Å². The minimum absolute atomic E-state index is 0.204. The zero-order valence-electron chi connectivity index (χ0n) is 16.6.